The Bertz CT molecular complexity index is 713. The molecule has 2 aromatic rings. The fourth-order valence-corrected chi connectivity index (χ4v) is 2.75. The maximum Gasteiger partial charge on any atom is 0.347 e. The van der Waals surface area contributed by atoms with E-state index >= 15 is 0 Å². The van der Waals surface area contributed by atoms with Crippen molar-refractivity contribution in [1.29, 1.82) is 0 Å². The fourth-order valence-electron chi connectivity index (χ4n) is 1.26. The summed E-state index contributed by atoms with van der Waals surface area (Å²) in [5.74, 6) is -1.54. The molecular weight excluding hydrogens is 318 g/mol. The summed E-state index contributed by atoms with van der Waals surface area (Å²) >= 11 is 2.07. The zero-order valence-electron chi connectivity index (χ0n) is 10.4. The van der Waals surface area contributed by atoms with Gasteiger partial charge in [0, 0.05) is 12.4 Å². The van der Waals surface area contributed by atoms with Crippen molar-refractivity contribution in [2.75, 3.05) is 11.1 Å². The summed E-state index contributed by atoms with van der Waals surface area (Å²) < 4.78 is 1.59. The van der Waals surface area contributed by atoms with Crippen LogP contribution in [-0.2, 0) is 16.1 Å². The molecule has 2 aromatic heterocycles. The smallest absolute Gasteiger partial charge is 0.347 e. The molecule has 0 radical (unpaired) electrons. The predicted octanol–water partition coefficient (Wildman–Crippen LogP) is -0.0898. The molecule has 0 aliphatic rings. The number of nitrogens with zero attached hydrogens (tertiary/aromatic N) is 4. The van der Waals surface area contributed by atoms with Crippen molar-refractivity contribution in [2.45, 2.75) is 10.9 Å². The van der Waals surface area contributed by atoms with E-state index in [4.69, 9.17) is 5.11 Å². The van der Waals surface area contributed by atoms with Gasteiger partial charge in [-0.2, -0.15) is 0 Å². The molecule has 0 fully saturated rings. The summed E-state index contributed by atoms with van der Waals surface area (Å²) in [5.41, 5.74) is -0.525. The fraction of sp³-hybridized carbons (Fsp3) is 0.200. The monoisotopic (exact) mass is 327 g/mol. The summed E-state index contributed by atoms with van der Waals surface area (Å²) in [6, 6.07) is 1.54. The van der Waals surface area contributed by atoms with Crippen LogP contribution in [0.1, 0.15) is 0 Å². The van der Waals surface area contributed by atoms with Crippen LogP contribution in [0.5, 0.6) is 0 Å². The molecule has 0 aromatic carbocycles. The van der Waals surface area contributed by atoms with Gasteiger partial charge >= 0.3 is 11.7 Å². The van der Waals surface area contributed by atoms with Crippen LogP contribution in [-0.4, -0.2) is 42.5 Å². The number of carboxylic acid groups (broad SMARTS) is 1. The molecule has 110 valence electrons. The SMILES string of the molecule is O=C(O)CSc1nnc(NC(=O)Cn2cccnc2=O)s1. The molecule has 0 atom stereocenters. The molecular formula is C10H9N5O4S2. The van der Waals surface area contributed by atoms with E-state index in [9.17, 15) is 14.4 Å². The minimum Gasteiger partial charge on any atom is -0.481 e. The first-order valence-corrected chi connectivity index (χ1v) is 7.34. The van der Waals surface area contributed by atoms with E-state index in [2.05, 4.69) is 20.5 Å². The van der Waals surface area contributed by atoms with Gasteiger partial charge in [0.1, 0.15) is 6.54 Å². The molecule has 0 bridgehead atoms. The number of anilines is 1. The standard InChI is InChI=1S/C10H9N5O4S2/c16-6(4-15-3-1-2-11-9(15)19)12-8-13-14-10(21-8)20-5-7(17)18/h1-3H,4-5H2,(H,17,18)(H,12,13,16). The third-order valence-electron chi connectivity index (χ3n) is 2.07. The van der Waals surface area contributed by atoms with Gasteiger partial charge in [0.2, 0.25) is 11.0 Å². The van der Waals surface area contributed by atoms with E-state index in [1.807, 2.05) is 0 Å². The first-order valence-electron chi connectivity index (χ1n) is 5.54. The summed E-state index contributed by atoms with van der Waals surface area (Å²) in [6.45, 7) is -0.191. The van der Waals surface area contributed by atoms with Crippen molar-refractivity contribution < 1.29 is 14.7 Å². The van der Waals surface area contributed by atoms with E-state index in [-0.39, 0.29) is 17.4 Å². The third-order valence-corrected chi connectivity index (χ3v) is 4.03. The second kappa shape index (κ2) is 6.95. The number of rotatable bonds is 6. The normalized spacial score (nSPS) is 10.3. The number of thioether (sulfide) groups is 1. The first kappa shape index (κ1) is 15.1. The lowest BCUT2D eigenvalue weighted by Gasteiger charge is -2.03. The summed E-state index contributed by atoms with van der Waals surface area (Å²) in [5, 5.41) is 18.7. The average Bonchev–Trinajstić information content (AvgIpc) is 2.86. The molecule has 2 rings (SSSR count). The largest absolute Gasteiger partial charge is 0.481 e. The summed E-state index contributed by atoms with van der Waals surface area (Å²) in [7, 11) is 0. The van der Waals surface area contributed by atoms with Crippen LogP contribution in [0, 0.1) is 0 Å². The Kier molecular flexibility index (Phi) is 5.00. The molecule has 0 saturated heterocycles. The van der Waals surface area contributed by atoms with E-state index in [0.29, 0.717) is 4.34 Å². The van der Waals surface area contributed by atoms with Crippen LogP contribution in [0.2, 0.25) is 0 Å². The number of carbonyl (C=O) groups excluding carboxylic acids is 1. The van der Waals surface area contributed by atoms with Gasteiger partial charge in [0.25, 0.3) is 0 Å². The molecule has 2 N–H and O–H groups in total. The molecule has 21 heavy (non-hydrogen) atoms. The molecule has 0 spiro atoms. The van der Waals surface area contributed by atoms with E-state index < -0.39 is 17.6 Å². The third kappa shape index (κ3) is 4.65. The maximum atomic E-state index is 11.7. The molecule has 9 nitrogen and oxygen atoms in total. The Morgan fingerprint density at radius 1 is 1.43 bits per heavy atom. The Morgan fingerprint density at radius 3 is 2.95 bits per heavy atom. The molecule has 2 heterocycles. The number of hydrogen-bond acceptors (Lipinski definition) is 8. The number of aliphatic carboxylic acids is 1. The quantitative estimate of drug-likeness (QED) is 0.556. The highest BCUT2D eigenvalue weighted by molar-refractivity contribution is 8.01. The van der Waals surface area contributed by atoms with Crippen LogP contribution in [0.3, 0.4) is 0 Å². The first-order chi connectivity index (χ1) is 10.0. The van der Waals surface area contributed by atoms with Gasteiger partial charge in [-0.25, -0.2) is 9.78 Å². The minimum atomic E-state index is -0.961. The number of amides is 1. The number of aromatic nitrogens is 4. The molecule has 0 saturated carbocycles. The van der Waals surface area contributed by atoms with Crippen LogP contribution >= 0.6 is 23.1 Å². The van der Waals surface area contributed by atoms with E-state index in [1.165, 1.54) is 12.4 Å². The zero-order valence-corrected chi connectivity index (χ0v) is 12.1. The van der Waals surface area contributed by atoms with Gasteiger partial charge in [-0.15, -0.1) is 10.2 Å². The second-order valence-electron chi connectivity index (χ2n) is 3.63. The number of carboxylic acids is 1. The van der Waals surface area contributed by atoms with Crippen molar-refractivity contribution in [3.8, 4) is 0 Å². The summed E-state index contributed by atoms with van der Waals surface area (Å²) in [4.78, 5) is 37.0. The topological polar surface area (TPSA) is 127 Å². The zero-order chi connectivity index (χ0) is 15.2. The van der Waals surface area contributed by atoms with E-state index in [0.717, 1.165) is 27.7 Å². The molecule has 0 unspecified atom stereocenters. The van der Waals surface area contributed by atoms with Gasteiger partial charge in [-0.3, -0.25) is 19.5 Å². The van der Waals surface area contributed by atoms with Crippen LogP contribution < -0.4 is 11.0 Å². The molecule has 1 amide bonds. The highest BCUT2D eigenvalue weighted by atomic mass is 32.2. The van der Waals surface area contributed by atoms with Gasteiger partial charge in [-0.05, 0) is 6.07 Å². The maximum absolute atomic E-state index is 11.7. The lowest BCUT2D eigenvalue weighted by molar-refractivity contribution is -0.133. The number of hydrogen-bond donors (Lipinski definition) is 2. The lowest BCUT2D eigenvalue weighted by Crippen LogP contribution is -2.28. The average molecular weight is 327 g/mol. The van der Waals surface area contributed by atoms with Crippen molar-refractivity contribution in [2.24, 2.45) is 0 Å². The Morgan fingerprint density at radius 2 is 2.24 bits per heavy atom. The molecule has 0 aliphatic carbocycles. The van der Waals surface area contributed by atoms with Gasteiger partial charge in [-0.1, -0.05) is 23.1 Å². The van der Waals surface area contributed by atoms with Crippen molar-refractivity contribution in [1.82, 2.24) is 19.7 Å². The van der Waals surface area contributed by atoms with Crippen molar-refractivity contribution in [3.05, 3.63) is 28.9 Å². The summed E-state index contributed by atoms with van der Waals surface area (Å²) in [6.07, 6.45) is 2.79. The van der Waals surface area contributed by atoms with Gasteiger partial charge in [0.05, 0.1) is 5.75 Å². The van der Waals surface area contributed by atoms with Crippen molar-refractivity contribution in [3.63, 3.8) is 0 Å². The Balaban J connectivity index is 1.92. The Hall–Kier alpha value is -2.27. The van der Waals surface area contributed by atoms with Gasteiger partial charge < -0.3 is 5.11 Å². The van der Waals surface area contributed by atoms with Crippen molar-refractivity contribution >= 4 is 40.1 Å². The predicted molar refractivity (Wildman–Crippen MR) is 75.4 cm³/mol. The van der Waals surface area contributed by atoms with E-state index in [1.54, 1.807) is 6.07 Å². The Labute approximate surface area is 126 Å². The van der Waals surface area contributed by atoms with Crippen LogP contribution in [0.4, 0.5) is 5.13 Å². The molecule has 11 heteroatoms. The lowest BCUT2D eigenvalue weighted by atomic mass is 10.5. The number of nitrogens with one attached hydrogen (secondary N) is 1. The van der Waals surface area contributed by atoms with Crippen LogP contribution in [0.25, 0.3) is 0 Å². The highest BCUT2D eigenvalue weighted by Crippen LogP contribution is 2.25. The second-order valence-corrected chi connectivity index (χ2v) is 5.83. The van der Waals surface area contributed by atoms with Crippen LogP contribution in [0.15, 0.2) is 27.6 Å². The van der Waals surface area contributed by atoms with Gasteiger partial charge in [0.15, 0.2) is 4.34 Å². The highest BCUT2D eigenvalue weighted by Gasteiger charge is 2.10. The number of carbonyl (C=O) groups is 2. The molecule has 0 aliphatic heterocycles. The minimum absolute atomic E-state index is 0.131.